The number of H-pyrrole nitrogens is 1. The zero-order valence-corrected chi connectivity index (χ0v) is 11.9. The highest BCUT2D eigenvalue weighted by molar-refractivity contribution is 7.71. The lowest BCUT2D eigenvalue weighted by Crippen LogP contribution is -2.24. The number of hydrogen-bond donors (Lipinski definition) is 1. The van der Waals surface area contributed by atoms with Crippen LogP contribution in [-0.4, -0.2) is 27.9 Å². The van der Waals surface area contributed by atoms with E-state index in [1.54, 1.807) is 0 Å². The molecule has 0 radical (unpaired) electrons. The van der Waals surface area contributed by atoms with Crippen molar-refractivity contribution in [3.05, 3.63) is 4.77 Å². The molecule has 1 aromatic rings. The lowest BCUT2D eigenvalue weighted by molar-refractivity contribution is 0.507. The van der Waals surface area contributed by atoms with Crippen LogP contribution in [0.25, 0.3) is 0 Å². The molecule has 0 spiro atoms. The fourth-order valence-corrected chi connectivity index (χ4v) is 3.63. The highest BCUT2D eigenvalue weighted by Crippen LogP contribution is 2.34. The first-order valence-electron chi connectivity index (χ1n) is 7.21. The van der Waals surface area contributed by atoms with Gasteiger partial charge in [0.15, 0.2) is 4.77 Å². The molecule has 1 aliphatic carbocycles. The largest absolute Gasteiger partial charge is 0.341 e. The summed E-state index contributed by atoms with van der Waals surface area (Å²) in [6.07, 6.45) is 7.73. The predicted octanol–water partition coefficient (Wildman–Crippen LogP) is 3.29. The van der Waals surface area contributed by atoms with Crippen LogP contribution in [-0.2, 0) is 0 Å². The van der Waals surface area contributed by atoms with E-state index < -0.39 is 0 Å². The third-order valence-electron chi connectivity index (χ3n) is 4.52. The van der Waals surface area contributed by atoms with Crippen LogP contribution in [0.5, 0.6) is 0 Å². The van der Waals surface area contributed by atoms with Crippen molar-refractivity contribution in [3.8, 4) is 0 Å². The van der Waals surface area contributed by atoms with Gasteiger partial charge >= 0.3 is 0 Å². The smallest absolute Gasteiger partial charge is 0.225 e. The van der Waals surface area contributed by atoms with Crippen LogP contribution < -0.4 is 4.90 Å². The van der Waals surface area contributed by atoms with E-state index in [0.29, 0.717) is 6.04 Å². The van der Waals surface area contributed by atoms with E-state index in [2.05, 4.69) is 26.6 Å². The standard InChI is InChI=1S/C13H22N4S/c1-2-10-7-8-16(9-10)12-14-15-13(18)17(12)11-5-3-4-6-11/h10-11H,2-9H2,1H3,(H,15,18). The van der Waals surface area contributed by atoms with Gasteiger partial charge in [-0.25, -0.2) is 5.10 Å². The second kappa shape index (κ2) is 5.03. The van der Waals surface area contributed by atoms with E-state index in [4.69, 9.17) is 12.2 Å². The summed E-state index contributed by atoms with van der Waals surface area (Å²) in [5.74, 6) is 1.91. The van der Waals surface area contributed by atoms with Crippen molar-refractivity contribution in [2.75, 3.05) is 18.0 Å². The van der Waals surface area contributed by atoms with Crippen LogP contribution in [0.4, 0.5) is 5.95 Å². The average molecular weight is 266 g/mol. The molecule has 2 heterocycles. The molecule has 1 aliphatic heterocycles. The summed E-state index contributed by atoms with van der Waals surface area (Å²) >= 11 is 5.42. The SMILES string of the molecule is CCC1CCN(c2n[nH]c(=S)n2C2CCCC2)C1. The lowest BCUT2D eigenvalue weighted by atomic mass is 10.1. The van der Waals surface area contributed by atoms with E-state index in [-0.39, 0.29) is 0 Å². The first-order chi connectivity index (χ1) is 8.79. The molecule has 5 heteroatoms. The quantitative estimate of drug-likeness (QED) is 0.853. The van der Waals surface area contributed by atoms with Crippen molar-refractivity contribution in [1.82, 2.24) is 14.8 Å². The van der Waals surface area contributed by atoms with Gasteiger partial charge in [-0.15, -0.1) is 5.10 Å². The fourth-order valence-electron chi connectivity index (χ4n) is 3.36. The third-order valence-corrected chi connectivity index (χ3v) is 4.81. The van der Waals surface area contributed by atoms with Gasteiger partial charge in [-0.2, -0.15) is 0 Å². The van der Waals surface area contributed by atoms with Crippen molar-refractivity contribution in [2.24, 2.45) is 5.92 Å². The van der Waals surface area contributed by atoms with Gasteiger partial charge in [0.25, 0.3) is 0 Å². The summed E-state index contributed by atoms with van der Waals surface area (Å²) in [5, 5.41) is 7.48. The average Bonchev–Trinajstić information content (AvgIpc) is 3.07. The van der Waals surface area contributed by atoms with Crippen molar-refractivity contribution < 1.29 is 0 Å². The van der Waals surface area contributed by atoms with Crippen molar-refractivity contribution in [2.45, 2.75) is 51.5 Å². The Labute approximate surface area is 113 Å². The zero-order valence-electron chi connectivity index (χ0n) is 11.1. The van der Waals surface area contributed by atoms with Gasteiger partial charge in [-0.05, 0) is 37.4 Å². The van der Waals surface area contributed by atoms with Crippen molar-refractivity contribution >= 4 is 18.2 Å². The fraction of sp³-hybridized carbons (Fsp3) is 0.846. The molecule has 3 rings (SSSR count). The molecule has 2 aliphatic rings. The van der Waals surface area contributed by atoms with Crippen LogP contribution in [0, 0.1) is 10.7 Å². The Bertz CT molecular complexity index is 458. The normalized spacial score (nSPS) is 25.2. The minimum atomic E-state index is 0.576. The Morgan fingerprint density at radius 3 is 2.78 bits per heavy atom. The molecule has 0 bridgehead atoms. The monoisotopic (exact) mass is 266 g/mol. The Balaban J connectivity index is 1.86. The number of anilines is 1. The van der Waals surface area contributed by atoms with Gasteiger partial charge in [0.2, 0.25) is 5.95 Å². The minimum Gasteiger partial charge on any atom is -0.341 e. The maximum absolute atomic E-state index is 5.42. The highest BCUT2D eigenvalue weighted by atomic mass is 32.1. The Morgan fingerprint density at radius 1 is 1.33 bits per heavy atom. The molecule has 4 nitrogen and oxygen atoms in total. The van der Waals surface area contributed by atoms with E-state index in [9.17, 15) is 0 Å². The predicted molar refractivity (Wildman–Crippen MR) is 75.5 cm³/mol. The Morgan fingerprint density at radius 2 is 2.11 bits per heavy atom. The maximum Gasteiger partial charge on any atom is 0.225 e. The lowest BCUT2D eigenvalue weighted by Gasteiger charge is -2.21. The third kappa shape index (κ3) is 2.09. The zero-order chi connectivity index (χ0) is 12.5. The van der Waals surface area contributed by atoms with Gasteiger partial charge in [0.1, 0.15) is 0 Å². The summed E-state index contributed by atoms with van der Waals surface area (Å²) in [6.45, 7) is 4.55. The van der Waals surface area contributed by atoms with E-state index in [0.717, 1.165) is 29.7 Å². The van der Waals surface area contributed by atoms with Gasteiger partial charge < -0.3 is 4.90 Å². The summed E-state index contributed by atoms with van der Waals surface area (Å²) in [7, 11) is 0. The van der Waals surface area contributed by atoms with E-state index in [1.165, 1.54) is 38.5 Å². The van der Waals surface area contributed by atoms with Gasteiger partial charge in [-0.3, -0.25) is 4.57 Å². The molecule has 18 heavy (non-hydrogen) atoms. The topological polar surface area (TPSA) is 36.9 Å². The van der Waals surface area contributed by atoms with Gasteiger partial charge in [0.05, 0.1) is 0 Å². The molecule has 1 atom stereocenters. The number of nitrogens with zero attached hydrogens (tertiary/aromatic N) is 3. The van der Waals surface area contributed by atoms with Crippen LogP contribution in [0.2, 0.25) is 0 Å². The molecule has 1 saturated heterocycles. The summed E-state index contributed by atoms with van der Waals surface area (Å²) in [5.41, 5.74) is 0. The van der Waals surface area contributed by atoms with Crippen LogP contribution in [0.3, 0.4) is 0 Å². The maximum atomic E-state index is 5.42. The molecule has 1 saturated carbocycles. The second-order valence-corrected chi connectivity index (χ2v) is 6.03. The first-order valence-corrected chi connectivity index (χ1v) is 7.62. The number of nitrogens with one attached hydrogen (secondary N) is 1. The molecule has 1 N–H and O–H groups in total. The molecule has 1 unspecified atom stereocenters. The molecule has 0 amide bonds. The number of aromatic amines is 1. The van der Waals surface area contributed by atoms with Crippen molar-refractivity contribution in [1.29, 1.82) is 0 Å². The van der Waals surface area contributed by atoms with E-state index in [1.807, 2.05) is 0 Å². The molecule has 2 fully saturated rings. The van der Waals surface area contributed by atoms with E-state index >= 15 is 0 Å². The molecule has 100 valence electrons. The molecule has 0 aromatic carbocycles. The summed E-state index contributed by atoms with van der Waals surface area (Å²) < 4.78 is 3.08. The number of hydrogen-bond acceptors (Lipinski definition) is 3. The molecule has 1 aromatic heterocycles. The Kier molecular flexibility index (Phi) is 3.41. The Hall–Kier alpha value is -0.840. The highest BCUT2D eigenvalue weighted by Gasteiger charge is 2.28. The minimum absolute atomic E-state index is 0.576. The summed E-state index contributed by atoms with van der Waals surface area (Å²) in [6, 6.07) is 0.576. The molecular weight excluding hydrogens is 244 g/mol. The van der Waals surface area contributed by atoms with Gasteiger partial charge in [-0.1, -0.05) is 26.2 Å². The summed E-state index contributed by atoms with van der Waals surface area (Å²) in [4.78, 5) is 2.42. The second-order valence-electron chi connectivity index (χ2n) is 5.65. The van der Waals surface area contributed by atoms with Crippen molar-refractivity contribution in [3.63, 3.8) is 0 Å². The van der Waals surface area contributed by atoms with Crippen LogP contribution in [0.1, 0.15) is 51.5 Å². The number of rotatable bonds is 3. The number of aromatic nitrogens is 3. The van der Waals surface area contributed by atoms with Crippen LogP contribution >= 0.6 is 12.2 Å². The van der Waals surface area contributed by atoms with Crippen LogP contribution in [0.15, 0.2) is 0 Å². The first kappa shape index (κ1) is 12.2. The molecular formula is C13H22N4S. The van der Waals surface area contributed by atoms with Gasteiger partial charge in [0, 0.05) is 19.1 Å².